The van der Waals surface area contributed by atoms with Crippen LogP contribution in [0.3, 0.4) is 0 Å². The number of benzene rings is 3. The summed E-state index contributed by atoms with van der Waals surface area (Å²) >= 11 is 0. The van der Waals surface area contributed by atoms with E-state index in [1.54, 1.807) is 33.3 Å². The number of nitrogens with zero attached hydrogens (tertiary/aromatic N) is 2. The molecule has 0 spiro atoms. The number of hydrogen-bond donors (Lipinski definition) is 1. The molecule has 3 aromatic rings. The van der Waals surface area contributed by atoms with Gasteiger partial charge < -0.3 is 34.1 Å². The summed E-state index contributed by atoms with van der Waals surface area (Å²) in [6.07, 6.45) is 1.81. The van der Waals surface area contributed by atoms with Gasteiger partial charge in [-0.15, -0.1) is 12.4 Å². The molecule has 1 N–H and O–H groups in total. The summed E-state index contributed by atoms with van der Waals surface area (Å²) in [6.45, 7) is 2.01. The van der Waals surface area contributed by atoms with Crippen LogP contribution in [0, 0.1) is 0 Å². The molecule has 1 aliphatic rings. The Balaban J connectivity index is 0.00000420. The first-order valence-corrected chi connectivity index (χ1v) is 12.8. The maximum Gasteiger partial charge on any atom is 0.227 e. The van der Waals surface area contributed by atoms with Gasteiger partial charge in [-0.2, -0.15) is 0 Å². The van der Waals surface area contributed by atoms with Crippen LogP contribution < -0.4 is 29.2 Å². The highest BCUT2D eigenvalue weighted by molar-refractivity contribution is 6.21. The smallest absolute Gasteiger partial charge is 0.227 e. The first-order chi connectivity index (χ1) is 18.3. The first-order valence-electron chi connectivity index (χ1n) is 12.8. The van der Waals surface area contributed by atoms with Crippen molar-refractivity contribution in [3.63, 3.8) is 0 Å². The fourth-order valence-electron chi connectivity index (χ4n) is 5.14. The third-order valence-corrected chi connectivity index (χ3v) is 6.99. The van der Waals surface area contributed by atoms with Crippen molar-refractivity contribution >= 4 is 51.5 Å². The van der Waals surface area contributed by atoms with Crippen LogP contribution in [-0.2, 0) is 16.0 Å². The molecule has 0 radical (unpaired) electrons. The van der Waals surface area contributed by atoms with Gasteiger partial charge in [0.2, 0.25) is 11.8 Å². The fourth-order valence-corrected chi connectivity index (χ4v) is 5.14. The van der Waals surface area contributed by atoms with E-state index in [-0.39, 0.29) is 37.1 Å². The minimum Gasteiger partial charge on any atom is -0.493 e. The molecular weight excluding hydrogens is 522 g/mol. The lowest BCUT2D eigenvalue weighted by Crippen LogP contribution is -2.36. The molecule has 9 nitrogen and oxygen atoms in total. The van der Waals surface area contributed by atoms with E-state index >= 15 is 0 Å². The molecule has 0 fully saturated rings. The lowest BCUT2D eigenvalue weighted by atomic mass is 9.90. The highest BCUT2D eigenvalue weighted by Gasteiger charge is 2.29. The van der Waals surface area contributed by atoms with Crippen LogP contribution in [0.1, 0.15) is 24.8 Å². The molecule has 0 bridgehead atoms. The fraction of sp³-hybridized carbons (Fsp3) is 0.448. The summed E-state index contributed by atoms with van der Waals surface area (Å²) < 4.78 is 22.7. The number of ether oxygens (including phenoxy) is 4. The molecule has 10 heteroatoms. The molecule has 212 valence electrons. The van der Waals surface area contributed by atoms with Gasteiger partial charge in [0.15, 0.2) is 23.0 Å². The number of methoxy groups -OCH3 is 4. The summed E-state index contributed by atoms with van der Waals surface area (Å²) in [5.74, 6) is 2.22. The predicted octanol–water partition coefficient (Wildman–Crippen LogP) is 4.19. The Bertz CT molecular complexity index is 1360. The predicted molar refractivity (Wildman–Crippen MR) is 156 cm³/mol. The second kappa shape index (κ2) is 13.1. The van der Waals surface area contributed by atoms with Crippen LogP contribution in [-0.4, -0.2) is 78.9 Å². The van der Waals surface area contributed by atoms with Crippen LogP contribution in [0.4, 0.5) is 5.69 Å². The third-order valence-electron chi connectivity index (χ3n) is 6.99. The second-order valence-corrected chi connectivity index (χ2v) is 9.65. The Hall–Kier alpha value is -3.43. The highest BCUT2D eigenvalue weighted by atomic mass is 35.5. The third kappa shape index (κ3) is 6.09. The average Bonchev–Trinajstić information content (AvgIpc) is 2.92. The zero-order chi connectivity index (χ0) is 27.4. The SMILES string of the molecule is COc1cc2cc3c4c(cc(OC)c(OC)c4c2cc1OC)CCN3C(=O)CCC(=O)NCCCN(C)C.Cl. The maximum atomic E-state index is 13.4. The molecule has 0 unspecified atom stereocenters. The van der Waals surface area contributed by atoms with Crippen molar-refractivity contribution in [3.8, 4) is 23.0 Å². The molecule has 39 heavy (non-hydrogen) atoms. The normalized spacial score (nSPS) is 12.3. The number of halogens is 1. The van der Waals surface area contributed by atoms with Crippen LogP contribution in [0.25, 0.3) is 21.5 Å². The number of rotatable bonds is 11. The molecule has 3 aromatic carbocycles. The standard InChI is InChI=1S/C29H37N3O6.ClH/c1-31(2)12-7-11-30-25(33)8-9-26(34)32-13-10-18-15-24(37-5)29(38-6)28-20-17-23(36-4)22(35-3)16-19(20)14-21(32)27(18)28;/h14-17H,7-13H2,1-6H3,(H,30,33);1H. The van der Waals surface area contributed by atoms with Crippen molar-refractivity contribution in [2.24, 2.45) is 0 Å². The first kappa shape index (κ1) is 30.1. The van der Waals surface area contributed by atoms with Crippen LogP contribution in [0.15, 0.2) is 24.3 Å². The van der Waals surface area contributed by atoms with E-state index in [2.05, 4.69) is 10.2 Å². The van der Waals surface area contributed by atoms with Crippen LogP contribution in [0.2, 0.25) is 0 Å². The number of fused-ring (bicyclic) bond motifs is 2. The van der Waals surface area contributed by atoms with Crippen molar-refractivity contribution < 1.29 is 28.5 Å². The Morgan fingerprint density at radius 1 is 0.897 bits per heavy atom. The minimum absolute atomic E-state index is 0. The van der Waals surface area contributed by atoms with Gasteiger partial charge in [0.1, 0.15) is 0 Å². The Morgan fingerprint density at radius 3 is 2.23 bits per heavy atom. The zero-order valence-corrected chi connectivity index (χ0v) is 24.3. The van der Waals surface area contributed by atoms with Gasteiger partial charge in [0.25, 0.3) is 0 Å². The Morgan fingerprint density at radius 2 is 1.59 bits per heavy atom. The van der Waals surface area contributed by atoms with Gasteiger partial charge in [-0.3, -0.25) is 9.59 Å². The topological polar surface area (TPSA) is 89.6 Å². The quantitative estimate of drug-likeness (QED) is 0.278. The zero-order valence-electron chi connectivity index (χ0n) is 23.5. The van der Waals surface area contributed by atoms with E-state index in [9.17, 15) is 9.59 Å². The molecule has 0 atom stereocenters. The van der Waals surface area contributed by atoms with Crippen molar-refractivity contribution in [2.75, 3.05) is 67.1 Å². The van der Waals surface area contributed by atoms with Gasteiger partial charge in [-0.25, -0.2) is 0 Å². The molecule has 2 amide bonds. The minimum atomic E-state index is -0.110. The van der Waals surface area contributed by atoms with Gasteiger partial charge >= 0.3 is 0 Å². The molecule has 1 heterocycles. The highest BCUT2D eigenvalue weighted by Crippen LogP contribution is 2.49. The molecule has 0 aliphatic carbocycles. The largest absolute Gasteiger partial charge is 0.493 e. The lowest BCUT2D eigenvalue weighted by Gasteiger charge is -2.31. The molecule has 0 aromatic heterocycles. The van der Waals surface area contributed by atoms with E-state index in [1.165, 1.54) is 0 Å². The lowest BCUT2D eigenvalue weighted by molar-refractivity contribution is -0.125. The van der Waals surface area contributed by atoms with Gasteiger partial charge in [-0.05, 0) is 74.1 Å². The van der Waals surface area contributed by atoms with Gasteiger partial charge in [-0.1, -0.05) is 0 Å². The van der Waals surface area contributed by atoms with Crippen molar-refractivity contribution in [1.82, 2.24) is 10.2 Å². The molecular formula is C29H38ClN3O6. The molecule has 4 rings (SSSR count). The summed E-state index contributed by atoms with van der Waals surface area (Å²) in [5.41, 5.74) is 1.87. The average molecular weight is 560 g/mol. The van der Waals surface area contributed by atoms with E-state index < -0.39 is 0 Å². The summed E-state index contributed by atoms with van der Waals surface area (Å²) in [7, 11) is 10.4. The van der Waals surface area contributed by atoms with E-state index in [1.807, 2.05) is 38.4 Å². The Kier molecular flexibility index (Phi) is 10.1. The number of anilines is 1. The van der Waals surface area contributed by atoms with E-state index in [4.69, 9.17) is 18.9 Å². The monoisotopic (exact) mass is 559 g/mol. The van der Waals surface area contributed by atoms with Crippen LogP contribution in [0.5, 0.6) is 23.0 Å². The Labute approximate surface area is 235 Å². The number of nitrogens with one attached hydrogen (secondary N) is 1. The number of amides is 2. The summed E-state index contributed by atoms with van der Waals surface area (Å²) in [6, 6.07) is 7.83. The van der Waals surface area contributed by atoms with Gasteiger partial charge in [0, 0.05) is 36.7 Å². The number of carbonyl (C=O) groups excluding carboxylic acids is 2. The summed E-state index contributed by atoms with van der Waals surface area (Å²) in [4.78, 5) is 29.7. The molecule has 0 saturated heterocycles. The van der Waals surface area contributed by atoms with Gasteiger partial charge in [0.05, 0.1) is 34.1 Å². The van der Waals surface area contributed by atoms with Crippen molar-refractivity contribution in [1.29, 1.82) is 0 Å². The molecule has 1 aliphatic heterocycles. The number of carbonyl (C=O) groups is 2. The van der Waals surface area contributed by atoms with Crippen molar-refractivity contribution in [3.05, 3.63) is 29.8 Å². The number of hydrogen-bond acceptors (Lipinski definition) is 7. The molecule has 0 saturated carbocycles. The van der Waals surface area contributed by atoms with Crippen LogP contribution >= 0.6 is 12.4 Å². The van der Waals surface area contributed by atoms with E-state index in [0.29, 0.717) is 42.5 Å². The van der Waals surface area contributed by atoms with E-state index in [0.717, 1.165) is 45.8 Å². The second-order valence-electron chi connectivity index (χ2n) is 9.65. The summed E-state index contributed by atoms with van der Waals surface area (Å²) in [5, 5.41) is 6.49. The maximum absolute atomic E-state index is 13.4. The van der Waals surface area contributed by atoms with Crippen molar-refractivity contribution in [2.45, 2.75) is 25.7 Å².